The van der Waals surface area contributed by atoms with Crippen LogP contribution in [0.5, 0.6) is 0 Å². The molecule has 1 heterocycles. The Morgan fingerprint density at radius 1 is 1.73 bits per heavy atom. The molecule has 1 amide bonds. The Balaban J connectivity index is 2.58. The summed E-state index contributed by atoms with van der Waals surface area (Å²) >= 11 is 0. The largest absolute Gasteiger partial charge is 0.393 e. The van der Waals surface area contributed by atoms with Gasteiger partial charge in [-0.15, -0.1) is 0 Å². The molecule has 88 valence electrons. The summed E-state index contributed by atoms with van der Waals surface area (Å²) in [6, 6.07) is 0. The lowest BCUT2D eigenvalue weighted by Crippen LogP contribution is -2.52. The number of hydrogen-bond acceptors (Lipinski definition) is 3. The first-order chi connectivity index (χ1) is 6.88. The maximum Gasteiger partial charge on any atom is 0.242 e. The van der Waals surface area contributed by atoms with Gasteiger partial charge in [0.1, 0.15) is 0 Å². The first kappa shape index (κ1) is 12.5. The van der Waals surface area contributed by atoms with Gasteiger partial charge in [-0.1, -0.05) is 6.92 Å². The molecule has 3 atom stereocenters. The van der Waals surface area contributed by atoms with Crippen molar-refractivity contribution in [2.24, 2.45) is 11.7 Å². The fraction of sp³-hybridized carbons (Fsp3) is 0.909. The molecule has 0 radical (unpaired) electrons. The van der Waals surface area contributed by atoms with Crippen LogP contribution < -0.4 is 5.73 Å². The zero-order valence-corrected chi connectivity index (χ0v) is 9.86. The molecule has 3 N–H and O–H groups in total. The van der Waals surface area contributed by atoms with E-state index in [4.69, 9.17) is 5.73 Å². The molecule has 1 saturated heterocycles. The minimum absolute atomic E-state index is 0.00755. The van der Waals surface area contributed by atoms with Gasteiger partial charge in [0.25, 0.3) is 0 Å². The average Bonchev–Trinajstić information content (AvgIpc) is 2.65. The molecule has 4 nitrogen and oxygen atoms in total. The van der Waals surface area contributed by atoms with E-state index in [2.05, 4.69) is 0 Å². The van der Waals surface area contributed by atoms with Crippen LogP contribution in [-0.2, 0) is 4.79 Å². The van der Waals surface area contributed by atoms with Crippen molar-refractivity contribution in [3.8, 4) is 0 Å². The molecule has 0 spiro atoms. The van der Waals surface area contributed by atoms with Crippen LogP contribution in [0.25, 0.3) is 0 Å². The zero-order chi connectivity index (χ0) is 11.6. The summed E-state index contributed by atoms with van der Waals surface area (Å²) in [5.41, 5.74) is 5.15. The standard InChI is InChI=1S/C11H22N2O2/c1-4-11(3,12)10(15)13-6-5-9(7-13)8(2)14/h8-9,14H,4-7,12H2,1-3H3. The Bertz CT molecular complexity index is 239. The number of hydrogen-bond donors (Lipinski definition) is 2. The summed E-state index contributed by atoms with van der Waals surface area (Å²) in [6.45, 7) is 6.83. The molecule has 4 heteroatoms. The third-order valence-corrected chi connectivity index (χ3v) is 3.42. The monoisotopic (exact) mass is 214 g/mol. The van der Waals surface area contributed by atoms with Crippen molar-refractivity contribution in [2.45, 2.75) is 45.3 Å². The van der Waals surface area contributed by atoms with Gasteiger partial charge >= 0.3 is 0 Å². The molecule has 0 aliphatic carbocycles. The number of aliphatic hydroxyl groups excluding tert-OH is 1. The van der Waals surface area contributed by atoms with Gasteiger partial charge in [-0.3, -0.25) is 4.79 Å². The van der Waals surface area contributed by atoms with Crippen LogP contribution in [0.1, 0.15) is 33.6 Å². The van der Waals surface area contributed by atoms with Gasteiger partial charge in [0, 0.05) is 19.0 Å². The highest BCUT2D eigenvalue weighted by atomic mass is 16.3. The first-order valence-electron chi connectivity index (χ1n) is 5.64. The van der Waals surface area contributed by atoms with Gasteiger partial charge in [-0.05, 0) is 26.7 Å². The Labute approximate surface area is 91.4 Å². The summed E-state index contributed by atoms with van der Waals surface area (Å²) in [7, 11) is 0. The number of carbonyl (C=O) groups is 1. The highest BCUT2D eigenvalue weighted by molar-refractivity contribution is 5.85. The minimum Gasteiger partial charge on any atom is -0.393 e. The fourth-order valence-electron chi connectivity index (χ4n) is 1.88. The molecular formula is C11H22N2O2. The molecule has 3 unspecified atom stereocenters. The van der Waals surface area contributed by atoms with Crippen molar-refractivity contribution < 1.29 is 9.90 Å². The summed E-state index contributed by atoms with van der Waals surface area (Å²) in [6.07, 6.45) is 1.18. The van der Waals surface area contributed by atoms with Gasteiger partial charge in [0.2, 0.25) is 5.91 Å². The van der Waals surface area contributed by atoms with Crippen molar-refractivity contribution in [3.05, 3.63) is 0 Å². The van der Waals surface area contributed by atoms with Crippen LogP contribution in [-0.4, -0.2) is 40.6 Å². The van der Waals surface area contributed by atoms with Crippen molar-refractivity contribution in [1.82, 2.24) is 4.90 Å². The molecule has 1 fully saturated rings. The molecule has 15 heavy (non-hydrogen) atoms. The fourth-order valence-corrected chi connectivity index (χ4v) is 1.88. The van der Waals surface area contributed by atoms with E-state index in [0.29, 0.717) is 13.0 Å². The number of nitrogens with two attached hydrogens (primary N) is 1. The maximum atomic E-state index is 12.0. The van der Waals surface area contributed by atoms with Gasteiger partial charge in [0.05, 0.1) is 11.6 Å². The summed E-state index contributed by atoms with van der Waals surface area (Å²) < 4.78 is 0. The Kier molecular flexibility index (Phi) is 3.73. The van der Waals surface area contributed by atoms with Crippen LogP contribution in [0.3, 0.4) is 0 Å². The van der Waals surface area contributed by atoms with E-state index < -0.39 is 5.54 Å². The van der Waals surface area contributed by atoms with Crippen LogP contribution in [0.15, 0.2) is 0 Å². The molecule has 0 aromatic rings. The lowest BCUT2D eigenvalue weighted by molar-refractivity contribution is -0.135. The van der Waals surface area contributed by atoms with E-state index in [1.54, 1.807) is 18.7 Å². The Morgan fingerprint density at radius 3 is 2.73 bits per heavy atom. The predicted octanol–water partition coefficient (Wildman–Crippen LogP) is 0.343. The number of rotatable bonds is 3. The quantitative estimate of drug-likeness (QED) is 0.712. The number of aliphatic hydroxyl groups is 1. The van der Waals surface area contributed by atoms with Crippen LogP contribution >= 0.6 is 0 Å². The Morgan fingerprint density at radius 2 is 2.33 bits per heavy atom. The molecule has 0 saturated carbocycles. The van der Waals surface area contributed by atoms with Crippen LogP contribution in [0.4, 0.5) is 0 Å². The van der Waals surface area contributed by atoms with E-state index in [1.807, 2.05) is 6.92 Å². The zero-order valence-electron chi connectivity index (χ0n) is 9.86. The number of likely N-dealkylation sites (tertiary alicyclic amines) is 1. The minimum atomic E-state index is -0.756. The SMILES string of the molecule is CCC(C)(N)C(=O)N1CCC(C(C)O)C1. The van der Waals surface area contributed by atoms with E-state index in [9.17, 15) is 9.90 Å². The lowest BCUT2D eigenvalue weighted by Gasteiger charge is -2.28. The lowest BCUT2D eigenvalue weighted by atomic mass is 9.98. The van der Waals surface area contributed by atoms with Crippen LogP contribution in [0.2, 0.25) is 0 Å². The molecular weight excluding hydrogens is 192 g/mol. The maximum absolute atomic E-state index is 12.0. The number of carbonyl (C=O) groups excluding carboxylic acids is 1. The van der Waals surface area contributed by atoms with Crippen LogP contribution in [0, 0.1) is 5.92 Å². The molecule has 0 aromatic heterocycles. The average molecular weight is 214 g/mol. The molecule has 1 aliphatic heterocycles. The number of nitrogens with zero attached hydrogens (tertiary/aromatic N) is 1. The second kappa shape index (κ2) is 4.49. The second-order valence-electron chi connectivity index (χ2n) is 4.81. The van der Waals surface area contributed by atoms with Gasteiger partial charge in [-0.2, -0.15) is 0 Å². The summed E-state index contributed by atoms with van der Waals surface area (Å²) in [4.78, 5) is 13.8. The normalized spacial score (nSPS) is 27.5. The number of amides is 1. The smallest absolute Gasteiger partial charge is 0.242 e. The van der Waals surface area contributed by atoms with Gasteiger partial charge < -0.3 is 15.7 Å². The highest BCUT2D eigenvalue weighted by Gasteiger charge is 2.36. The third kappa shape index (κ3) is 2.69. The Hall–Kier alpha value is -0.610. The van der Waals surface area contributed by atoms with E-state index >= 15 is 0 Å². The van der Waals surface area contributed by atoms with Crippen molar-refractivity contribution in [1.29, 1.82) is 0 Å². The first-order valence-corrected chi connectivity index (χ1v) is 5.64. The van der Waals surface area contributed by atoms with E-state index in [0.717, 1.165) is 13.0 Å². The topological polar surface area (TPSA) is 66.6 Å². The van der Waals surface area contributed by atoms with Crippen molar-refractivity contribution in [3.63, 3.8) is 0 Å². The summed E-state index contributed by atoms with van der Waals surface area (Å²) in [5, 5.41) is 9.44. The second-order valence-corrected chi connectivity index (χ2v) is 4.81. The molecule has 0 bridgehead atoms. The predicted molar refractivity (Wildman–Crippen MR) is 59.3 cm³/mol. The van der Waals surface area contributed by atoms with Crippen molar-refractivity contribution >= 4 is 5.91 Å². The molecule has 1 aliphatic rings. The van der Waals surface area contributed by atoms with E-state index in [-0.39, 0.29) is 17.9 Å². The highest BCUT2D eigenvalue weighted by Crippen LogP contribution is 2.22. The molecule has 0 aromatic carbocycles. The van der Waals surface area contributed by atoms with E-state index in [1.165, 1.54) is 0 Å². The third-order valence-electron chi connectivity index (χ3n) is 3.42. The van der Waals surface area contributed by atoms with Gasteiger partial charge in [-0.25, -0.2) is 0 Å². The van der Waals surface area contributed by atoms with Crippen molar-refractivity contribution in [2.75, 3.05) is 13.1 Å². The molecule has 1 rings (SSSR count). The summed E-state index contributed by atoms with van der Waals surface area (Å²) in [5.74, 6) is 0.217. The van der Waals surface area contributed by atoms with Gasteiger partial charge in [0.15, 0.2) is 0 Å².